The second-order valence-corrected chi connectivity index (χ2v) is 4.45. The highest BCUT2D eigenvalue weighted by molar-refractivity contribution is 9.10. The van der Waals surface area contributed by atoms with Crippen LogP contribution in [0.25, 0.3) is 0 Å². The quantitative estimate of drug-likeness (QED) is 0.831. The highest BCUT2D eigenvalue weighted by atomic mass is 79.9. The van der Waals surface area contributed by atoms with Gasteiger partial charge in [-0.3, -0.25) is 0 Å². The first-order valence-corrected chi connectivity index (χ1v) is 5.67. The minimum atomic E-state index is -0.00471. The minimum absolute atomic E-state index is 0.00471. The first-order chi connectivity index (χ1) is 7.29. The maximum absolute atomic E-state index is 8.74. The summed E-state index contributed by atoms with van der Waals surface area (Å²) in [7, 11) is 0. The van der Waals surface area contributed by atoms with Crippen LogP contribution in [0.5, 0.6) is 0 Å². The Kier molecular flexibility index (Phi) is 3.75. The lowest BCUT2D eigenvalue weighted by atomic mass is 10.2. The van der Waals surface area contributed by atoms with Crippen molar-refractivity contribution < 1.29 is 14.6 Å². The average molecular weight is 273 g/mol. The Labute approximate surface area is 97.1 Å². The molecule has 0 aliphatic carbocycles. The van der Waals surface area contributed by atoms with E-state index in [1.807, 2.05) is 24.3 Å². The molecule has 2 rings (SSSR count). The van der Waals surface area contributed by atoms with E-state index in [1.54, 1.807) is 0 Å². The molecule has 2 atom stereocenters. The summed E-state index contributed by atoms with van der Waals surface area (Å²) in [6.07, 6.45) is 0.0837. The Bertz CT molecular complexity index is 312. The fourth-order valence-corrected chi connectivity index (χ4v) is 1.62. The van der Waals surface area contributed by atoms with E-state index >= 15 is 0 Å². The normalized spacial score (nSPS) is 24.1. The van der Waals surface area contributed by atoms with Gasteiger partial charge < -0.3 is 14.6 Å². The molecule has 1 heterocycles. The van der Waals surface area contributed by atoms with E-state index in [-0.39, 0.29) is 18.8 Å². The van der Waals surface area contributed by atoms with Crippen LogP contribution in [0.3, 0.4) is 0 Å². The van der Waals surface area contributed by atoms with Crippen molar-refractivity contribution in [3.8, 4) is 0 Å². The number of halogens is 1. The predicted octanol–water partition coefficient (Wildman–Crippen LogP) is 1.73. The number of aliphatic hydroxyl groups excluding tert-OH is 1. The van der Waals surface area contributed by atoms with Gasteiger partial charge in [0, 0.05) is 4.47 Å². The van der Waals surface area contributed by atoms with Gasteiger partial charge in [-0.1, -0.05) is 28.1 Å². The summed E-state index contributed by atoms with van der Waals surface area (Å²) in [4.78, 5) is 0. The summed E-state index contributed by atoms with van der Waals surface area (Å²) >= 11 is 3.38. The van der Waals surface area contributed by atoms with Gasteiger partial charge in [-0.25, -0.2) is 0 Å². The lowest BCUT2D eigenvalue weighted by Gasteiger charge is -2.02. The first kappa shape index (κ1) is 11.1. The summed E-state index contributed by atoms with van der Waals surface area (Å²) < 4.78 is 11.7. The molecule has 0 saturated carbocycles. The predicted molar refractivity (Wildman–Crippen MR) is 59.5 cm³/mol. The molecular weight excluding hydrogens is 260 g/mol. The average Bonchev–Trinajstić information content (AvgIpc) is 3.00. The van der Waals surface area contributed by atoms with Gasteiger partial charge in [-0.2, -0.15) is 0 Å². The van der Waals surface area contributed by atoms with Crippen LogP contribution in [0.4, 0.5) is 0 Å². The Hall–Kier alpha value is -0.420. The Balaban J connectivity index is 1.68. The van der Waals surface area contributed by atoms with Crippen LogP contribution in [0.15, 0.2) is 28.7 Å². The zero-order valence-corrected chi connectivity index (χ0v) is 9.81. The second kappa shape index (κ2) is 5.07. The highest BCUT2D eigenvalue weighted by Crippen LogP contribution is 2.21. The third-order valence-electron chi connectivity index (χ3n) is 2.33. The van der Waals surface area contributed by atoms with Crippen LogP contribution in [0.2, 0.25) is 0 Å². The van der Waals surface area contributed by atoms with Crippen LogP contribution in [0.1, 0.15) is 5.56 Å². The topological polar surface area (TPSA) is 42.0 Å². The molecule has 15 heavy (non-hydrogen) atoms. The van der Waals surface area contributed by atoms with Crippen molar-refractivity contribution >= 4 is 15.9 Å². The van der Waals surface area contributed by atoms with E-state index in [0.717, 1.165) is 10.0 Å². The van der Waals surface area contributed by atoms with Crippen molar-refractivity contribution in [1.29, 1.82) is 0 Å². The molecule has 4 heteroatoms. The Morgan fingerprint density at radius 3 is 2.60 bits per heavy atom. The maximum atomic E-state index is 8.74. The molecule has 0 spiro atoms. The van der Waals surface area contributed by atoms with Crippen molar-refractivity contribution in [3.63, 3.8) is 0 Å². The molecule has 1 aromatic carbocycles. The van der Waals surface area contributed by atoms with Gasteiger partial charge in [0.05, 0.1) is 19.8 Å². The number of ether oxygens (including phenoxy) is 2. The number of hydrogen-bond donors (Lipinski definition) is 1. The summed E-state index contributed by atoms with van der Waals surface area (Å²) in [5, 5.41) is 8.74. The summed E-state index contributed by atoms with van der Waals surface area (Å²) in [6.45, 7) is 1.24. The van der Waals surface area contributed by atoms with Gasteiger partial charge >= 0.3 is 0 Å². The molecule has 1 saturated heterocycles. The number of rotatable bonds is 5. The highest BCUT2D eigenvalue weighted by Gasteiger charge is 2.37. The second-order valence-electron chi connectivity index (χ2n) is 3.54. The molecule has 1 N–H and O–H groups in total. The smallest absolute Gasteiger partial charge is 0.110 e. The largest absolute Gasteiger partial charge is 0.394 e. The molecule has 1 fully saturated rings. The monoisotopic (exact) mass is 272 g/mol. The van der Waals surface area contributed by atoms with Crippen molar-refractivity contribution in [2.75, 3.05) is 13.2 Å². The van der Waals surface area contributed by atoms with Crippen LogP contribution >= 0.6 is 15.9 Å². The van der Waals surface area contributed by atoms with Gasteiger partial charge in [0.2, 0.25) is 0 Å². The zero-order chi connectivity index (χ0) is 10.7. The molecular formula is C11H13BrO3. The van der Waals surface area contributed by atoms with E-state index in [1.165, 1.54) is 0 Å². The van der Waals surface area contributed by atoms with E-state index in [9.17, 15) is 0 Å². The van der Waals surface area contributed by atoms with Crippen molar-refractivity contribution in [3.05, 3.63) is 34.3 Å². The van der Waals surface area contributed by atoms with Crippen LogP contribution in [0, 0.1) is 0 Å². The fraction of sp³-hybridized carbons (Fsp3) is 0.455. The van der Waals surface area contributed by atoms with Gasteiger partial charge in [0.25, 0.3) is 0 Å². The molecule has 0 amide bonds. The van der Waals surface area contributed by atoms with Gasteiger partial charge in [-0.05, 0) is 17.7 Å². The lowest BCUT2D eigenvalue weighted by molar-refractivity contribution is 0.104. The Morgan fingerprint density at radius 2 is 2.00 bits per heavy atom. The number of aliphatic hydroxyl groups is 1. The standard InChI is InChI=1S/C11H13BrO3/c12-9-3-1-8(2-4-9)6-14-7-11-10(5-13)15-11/h1-4,10-11,13H,5-7H2. The summed E-state index contributed by atoms with van der Waals surface area (Å²) in [5.74, 6) is 0. The molecule has 2 unspecified atom stereocenters. The SMILES string of the molecule is OCC1OC1COCc1ccc(Br)cc1. The molecule has 1 aromatic rings. The van der Waals surface area contributed by atoms with E-state index < -0.39 is 0 Å². The number of epoxide rings is 1. The lowest BCUT2D eigenvalue weighted by Crippen LogP contribution is -2.07. The minimum Gasteiger partial charge on any atom is -0.394 e. The molecule has 1 aliphatic rings. The maximum Gasteiger partial charge on any atom is 0.110 e. The van der Waals surface area contributed by atoms with E-state index in [4.69, 9.17) is 14.6 Å². The third kappa shape index (κ3) is 3.28. The van der Waals surface area contributed by atoms with Crippen LogP contribution in [-0.2, 0) is 16.1 Å². The number of hydrogen-bond acceptors (Lipinski definition) is 3. The summed E-state index contributed by atoms with van der Waals surface area (Å²) in [5.41, 5.74) is 1.14. The number of benzene rings is 1. The molecule has 0 aromatic heterocycles. The first-order valence-electron chi connectivity index (χ1n) is 4.88. The van der Waals surface area contributed by atoms with Crippen LogP contribution in [-0.4, -0.2) is 30.5 Å². The van der Waals surface area contributed by atoms with Gasteiger partial charge in [0.15, 0.2) is 0 Å². The molecule has 82 valence electrons. The van der Waals surface area contributed by atoms with E-state index in [0.29, 0.717) is 13.2 Å². The van der Waals surface area contributed by atoms with Crippen molar-refractivity contribution in [1.82, 2.24) is 0 Å². The molecule has 3 nitrogen and oxygen atoms in total. The zero-order valence-electron chi connectivity index (χ0n) is 8.23. The Morgan fingerprint density at radius 1 is 1.27 bits per heavy atom. The van der Waals surface area contributed by atoms with Gasteiger partial charge in [-0.15, -0.1) is 0 Å². The molecule has 0 bridgehead atoms. The van der Waals surface area contributed by atoms with E-state index in [2.05, 4.69) is 15.9 Å². The fourth-order valence-electron chi connectivity index (χ4n) is 1.36. The van der Waals surface area contributed by atoms with Crippen molar-refractivity contribution in [2.24, 2.45) is 0 Å². The molecule has 1 aliphatic heterocycles. The molecule has 0 radical (unpaired) electrons. The van der Waals surface area contributed by atoms with Crippen molar-refractivity contribution in [2.45, 2.75) is 18.8 Å². The van der Waals surface area contributed by atoms with Gasteiger partial charge in [0.1, 0.15) is 12.2 Å². The van der Waals surface area contributed by atoms with Crippen LogP contribution < -0.4 is 0 Å². The summed E-state index contributed by atoms with van der Waals surface area (Å²) in [6, 6.07) is 8.01. The third-order valence-corrected chi connectivity index (χ3v) is 2.86.